The minimum absolute atomic E-state index is 0.922. The van der Waals surface area contributed by atoms with E-state index in [1.807, 2.05) is 24.4 Å². The predicted octanol–water partition coefficient (Wildman–Crippen LogP) is 12.4. The van der Waals surface area contributed by atoms with Crippen molar-refractivity contribution in [2.75, 3.05) is 0 Å². The molecule has 0 spiro atoms. The van der Waals surface area contributed by atoms with Gasteiger partial charge in [0.1, 0.15) is 5.65 Å². The van der Waals surface area contributed by atoms with Crippen LogP contribution in [0.25, 0.3) is 77.8 Å². The predicted molar refractivity (Wildman–Crippen MR) is 212 cm³/mol. The Morgan fingerprint density at radius 2 is 1.53 bits per heavy atom. The number of allylic oxidation sites excluding steroid dienone is 6. The van der Waals surface area contributed by atoms with Gasteiger partial charge in [0, 0.05) is 17.0 Å². The second-order valence-electron chi connectivity index (χ2n) is 12.8. The molecule has 0 atom stereocenters. The summed E-state index contributed by atoms with van der Waals surface area (Å²) in [5.74, 6) is 0. The third-order valence-corrected chi connectivity index (χ3v) is 10.0. The van der Waals surface area contributed by atoms with E-state index in [9.17, 15) is 0 Å². The summed E-state index contributed by atoms with van der Waals surface area (Å²) in [7, 11) is 0. The fraction of sp³-hybridized carbons (Fsp3) is 0.0870. The molecule has 0 amide bonds. The Balaban J connectivity index is 1.30. The number of fused-ring (bicyclic) bond motifs is 11. The van der Waals surface area contributed by atoms with E-state index in [-0.39, 0.29) is 0 Å². The van der Waals surface area contributed by atoms with Crippen LogP contribution in [0.5, 0.6) is 0 Å². The molecule has 0 N–H and O–H groups in total. The van der Waals surface area contributed by atoms with Crippen molar-refractivity contribution >= 4 is 77.8 Å². The Morgan fingerprint density at radius 1 is 0.776 bits per heavy atom. The van der Waals surface area contributed by atoms with Crippen molar-refractivity contribution in [1.82, 2.24) is 14.4 Å². The van der Waals surface area contributed by atoms with Crippen LogP contribution in [0.1, 0.15) is 41.7 Å². The maximum Gasteiger partial charge on any atom is 0.148 e. The third kappa shape index (κ3) is 4.81. The zero-order chi connectivity index (χ0) is 33.8. The van der Waals surface area contributed by atoms with Gasteiger partial charge in [-0.05, 0) is 125 Å². The summed E-state index contributed by atoms with van der Waals surface area (Å²) in [5.41, 5.74) is 14.3. The van der Waals surface area contributed by atoms with E-state index >= 15 is 0 Å². The Hall–Kier alpha value is -6.06. The standard InChI is InChI=1S/C46H37N3/c1-7-14-35-30(5)31(6)39(37-17-10-9-16-36(35)37)26-29(4)28(3)25-32(8-2)34-21-23-42-40(27-34)38-22-20-33-15-13-24-47-45(33)44(38)46-48-41-18-11-12-19-43(41)49(42)46/h7-27H,2-3H2,1,4-6H3/b14-7-,29-26+,32-25+. The topological polar surface area (TPSA) is 30.2 Å². The second kappa shape index (κ2) is 11.9. The number of benzene rings is 5. The smallest absolute Gasteiger partial charge is 0.148 e. The van der Waals surface area contributed by atoms with E-state index < -0.39 is 0 Å². The zero-order valence-corrected chi connectivity index (χ0v) is 28.4. The summed E-state index contributed by atoms with van der Waals surface area (Å²) in [6.45, 7) is 17.4. The summed E-state index contributed by atoms with van der Waals surface area (Å²) < 4.78 is 2.28. The maximum atomic E-state index is 5.13. The van der Waals surface area contributed by atoms with Crippen molar-refractivity contribution in [2.45, 2.75) is 27.7 Å². The first-order chi connectivity index (χ1) is 23.9. The molecule has 3 nitrogen and oxygen atoms in total. The Morgan fingerprint density at radius 3 is 2.33 bits per heavy atom. The molecule has 0 radical (unpaired) electrons. The Labute approximate surface area is 286 Å². The first-order valence-electron chi connectivity index (χ1n) is 16.8. The number of nitrogens with zero attached hydrogens (tertiary/aromatic N) is 3. The highest BCUT2D eigenvalue weighted by atomic mass is 15.0. The van der Waals surface area contributed by atoms with Crippen molar-refractivity contribution in [3.05, 3.63) is 168 Å². The van der Waals surface area contributed by atoms with Crippen LogP contribution in [0, 0.1) is 13.8 Å². The fourth-order valence-corrected chi connectivity index (χ4v) is 7.36. The molecule has 236 valence electrons. The molecule has 0 saturated heterocycles. The summed E-state index contributed by atoms with van der Waals surface area (Å²) in [4.78, 5) is 9.97. The average molecular weight is 632 g/mol. The van der Waals surface area contributed by atoms with Crippen LogP contribution in [-0.2, 0) is 0 Å². The van der Waals surface area contributed by atoms with Crippen LogP contribution in [-0.4, -0.2) is 14.4 Å². The highest BCUT2D eigenvalue weighted by molar-refractivity contribution is 6.22. The van der Waals surface area contributed by atoms with Crippen LogP contribution in [0.2, 0.25) is 0 Å². The van der Waals surface area contributed by atoms with Crippen molar-refractivity contribution in [2.24, 2.45) is 0 Å². The zero-order valence-electron chi connectivity index (χ0n) is 28.4. The highest BCUT2D eigenvalue weighted by Gasteiger charge is 2.17. The number of para-hydroxylation sites is 2. The van der Waals surface area contributed by atoms with Crippen LogP contribution in [0.3, 0.4) is 0 Å². The molecule has 0 fully saturated rings. The van der Waals surface area contributed by atoms with E-state index in [2.05, 4.69) is 148 Å². The number of hydrogen-bond donors (Lipinski definition) is 0. The van der Waals surface area contributed by atoms with Gasteiger partial charge in [0.05, 0.1) is 27.5 Å². The Kier molecular flexibility index (Phi) is 7.34. The quantitative estimate of drug-likeness (QED) is 0.135. The number of rotatable bonds is 6. The monoisotopic (exact) mass is 631 g/mol. The van der Waals surface area contributed by atoms with E-state index in [4.69, 9.17) is 9.97 Å². The first-order valence-corrected chi connectivity index (χ1v) is 16.8. The lowest BCUT2D eigenvalue weighted by atomic mass is 9.88. The molecule has 0 aliphatic heterocycles. The van der Waals surface area contributed by atoms with Gasteiger partial charge in [-0.25, -0.2) is 4.98 Å². The molecule has 3 heterocycles. The fourth-order valence-electron chi connectivity index (χ4n) is 7.36. The van der Waals surface area contributed by atoms with E-state index in [1.165, 1.54) is 33.0 Å². The van der Waals surface area contributed by atoms with Crippen LogP contribution in [0.15, 0.2) is 140 Å². The molecular formula is C46H37N3. The second-order valence-corrected chi connectivity index (χ2v) is 12.8. The molecule has 3 aromatic heterocycles. The summed E-state index contributed by atoms with van der Waals surface area (Å²) in [5, 5.41) is 6.94. The van der Waals surface area contributed by atoms with Gasteiger partial charge >= 0.3 is 0 Å². The molecule has 0 aliphatic carbocycles. The normalized spacial score (nSPS) is 12.8. The minimum Gasteiger partial charge on any atom is -0.292 e. The average Bonchev–Trinajstić information content (AvgIpc) is 3.53. The van der Waals surface area contributed by atoms with Crippen molar-refractivity contribution in [1.29, 1.82) is 0 Å². The van der Waals surface area contributed by atoms with Crippen molar-refractivity contribution in [3.63, 3.8) is 0 Å². The lowest BCUT2D eigenvalue weighted by molar-refractivity contribution is 1.31. The van der Waals surface area contributed by atoms with E-state index in [0.29, 0.717) is 0 Å². The van der Waals surface area contributed by atoms with E-state index in [1.54, 1.807) is 0 Å². The molecule has 0 unspecified atom stereocenters. The summed E-state index contributed by atoms with van der Waals surface area (Å²) >= 11 is 0. The van der Waals surface area contributed by atoms with Gasteiger partial charge in [-0.15, -0.1) is 0 Å². The molecule has 0 bridgehead atoms. The molecule has 49 heavy (non-hydrogen) atoms. The number of aromatic nitrogens is 3. The summed E-state index contributed by atoms with van der Waals surface area (Å²) in [6.07, 6.45) is 12.6. The first kappa shape index (κ1) is 30.3. The number of imidazole rings is 1. The molecule has 8 rings (SSSR count). The lowest BCUT2D eigenvalue weighted by Crippen LogP contribution is -1.95. The number of pyridine rings is 2. The van der Waals surface area contributed by atoms with Gasteiger partial charge in [0.2, 0.25) is 0 Å². The van der Waals surface area contributed by atoms with Gasteiger partial charge in [-0.2, -0.15) is 0 Å². The van der Waals surface area contributed by atoms with Gasteiger partial charge in [-0.3, -0.25) is 9.38 Å². The molecule has 0 aliphatic rings. The minimum atomic E-state index is 0.922. The van der Waals surface area contributed by atoms with Gasteiger partial charge in [0.25, 0.3) is 0 Å². The van der Waals surface area contributed by atoms with Crippen LogP contribution >= 0.6 is 0 Å². The van der Waals surface area contributed by atoms with Crippen LogP contribution < -0.4 is 0 Å². The van der Waals surface area contributed by atoms with Crippen molar-refractivity contribution < 1.29 is 0 Å². The molecule has 0 saturated carbocycles. The van der Waals surface area contributed by atoms with Crippen molar-refractivity contribution in [3.8, 4) is 0 Å². The third-order valence-electron chi connectivity index (χ3n) is 10.0. The van der Waals surface area contributed by atoms with Gasteiger partial charge < -0.3 is 0 Å². The molecule has 3 heteroatoms. The number of hydrogen-bond acceptors (Lipinski definition) is 2. The molecule has 5 aromatic carbocycles. The van der Waals surface area contributed by atoms with E-state index in [0.717, 1.165) is 71.5 Å². The summed E-state index contributed by atoms with van der Waals surface area (Å²) in [6, 6.07) is 32.2. The SMILES string of the molecule is C=C/C(=C\C(=C)/C(C)=C/c1c(C)c(C)c(/C=C\C)c2ccccc12)c1ccc2c(c1)c1ccc3cccnc3c1c1nc3ccccc3n21. The molecular weight excluding hydrogens is 595 g/mol. The van der Waals surface area contributed by atoms with Crippen LogP contribution in [0.4, 0.5) is 0 Å². The lowest BCUT2D eigenvalue weighted by Gasteiger charge is -2.16. The Bertz CT molecular complexity index is 2780. The molecule has 8 aromatic rings. The van der Waals surface area contributed by atoms with Gasteiger partial charge in [0.15, 0.2) is 0 Å². The highest BCUT2D eigenvalue weighted by Crippen LogP contribution is 2.38. The maximum absolute atomic E-state index is 5.13. The van der Waals surface area contributed by atoms with Gasteiger partial charge in [-0.1, -0.05) is 98.1 Å². The largest absolute Gasteiger partial charge is 0.292 e.